The molecule has 0 bridgehead atoms. The van der Waals surface area contributed by atoms with E-state index in [-0.39, 0.29) is 0 Å². The Hall–Kier alpha value is 0.480. The molecular formula is C10H17Br. The molecule has 0 heterocycles. The summed E-state index contributed by atoms with van der Waals surface area (Å²) in [7, 11) is 0. The highest BCUT2D eigenvalue weighted by molar-refractivity contribution is 9.09. The van der Waals surface area contributed by atoms with E-state index in [0.29, 0.717) is 5.41 Å². The summed E-state index contributed by atoms with van der Waals surface area (Å²) in [6.45, 7) is 4.92. The van der Waals surface area contributed by atoms with Crippen LogP contribution in [0.3, 0.4) is 0 Å². The van der Waals surface area contributed by atoms with Crippen molar-refractivity contribution >= 4 is 15.9 Å². The van der Waals surface area contributed by atoms with Crippen LogP contribution in [-0.2, 0) is 0 Å². The molecule has 0 aromatic heterocycles. The molecule has 0 aromatic rings. The molecule has 64 valence electrons. The maximum atomic E-state index is 3.61. The summed E-state index contributed by atoms with van der Waals surface area (Å²) < 4.78 is 0. The molecule has 1 heteroatoms. The molecule has 0 aliphatic heterocycles. The second kappa shape index (κ2) is 2.25. The van der Waals surface area contributed by atoms with Gasteiger partial charge < -0.3 is 0 Å². The van der Waals surface area contributed by atoms with Crippen molar-refractivity contribution in [3.05, 3.63) is 0 Å². The van der Waals surface area contributed by atoms with Gasteiger partial charge in [0.1, 0.15) is 0 Å². The molecule has 2 saturated carbocycles. The molecule has 11 heavy (non-hydrogen) atoms. The molecule has 2 rings (SSSR count). The van der Waals surface area contributed by atoms with E-state index < -0.39 is 0 Å². The lowest BCUT2D eigenvalue weighted by atomic mass is 9.77. The Bertz CT molecular complexity index is 174. The van der Waals surface area contributed by atoms with Crippen LogP contribution in [0.1, 0.15) is 39.5 Å². The number of hydrogen-bond acceptors (Lipinski definition) is 0. The lowest BCUT2D eigenvalue weighted by molar-refractivity contribution is 0.219. The standard InChI is InChI=1S/C10H17Br/c1-9(2)4-3-5-10(9)6-8(10)7-11/h8H,3-7H2,1-2H3. The minimum atomic E-state index is 0.644. The summed E-state index contributed by atoms with van der Waals surface area (Å²) in [5.74, 6) is 1.000. The second-order valence-electron chi connectivity index (χ2n) is 4.95. The first-order valence-corrected chi connectivity index (χ1v) is 5.80. The molecule has 0 saturated heterocycles. The number of hydrogen-bond donors (Lipinski definition) is 0. The van der Waals surface area contributed by atoms with Gasteiger partial charge in [0.2, 0.25) is 0 Å². The van der Waals surface area contributed by atoms with Crippen molar-refractivity contribution in [1.82, 2.24) is 0 Å². The van der Waals surface area contributed by atoms with Crippen molar-refractivity contribution in [2.75, 3.05) is 5.33 Å². The topological polar surface area (TPSA) is 0 Å². The molecule has 2 atom stereocenters. The first-order chi connectivity index (χ1) is 5.12. The SMILES string of the molecule is CC1(C)CCCC12CC2CBr. The van der Waals surface area contributed by atoms with E-state index in [4.69, 9.17) is 0 Å². The van der Waals surface area contributed by atoms with E-state index in [1.54, 1.807) is 0 Å². The third-order valence-electron chi connectivity index (χ3n) is 4.19. The van der Waals surface area contributed by atoms with Crippen molar-refractivity contribution in [3.8, 4) is 0 Å². The van der Waals surface area contributed by atoms with Gasteiger partial charge in [0.15, 0.2) is 0 Å². The first kappa shape index (κ1) is 8.10. The highest BCUT2D eigenvalue weighted by Gasteiger charge is 2.63. The molecule has 2 aliphatic carbocycles. The van der Waals surface area contributed by atoms with Gasteiger partial charge in [-0.15, -0.1) is 0 Å². The van der Waals surface area contributed by atoms with Crippen LogP contribution >= 0.6 is 15.9 Å². The maximum absolute atomic E-state index is 3.61. The summed E-state index contributed by atoms with van der Waals surface area (Å²) >= 11 is 3.61. The predicted octanol–water partition coefficient (Wildman–Crippen LogP) is 3.60. The molecule has 0 nitrogen and oxygen atoms in total. The van der Waals surface area contributed by atoms with Crippen LogP contribution in [0.4, 0.5) is 0 Å². The number of alkyl halides is 1. The fourth-order valence-corrected chi connectivity index (χ4v) is 4.00. The average Bonchev–Trinajstić information content (AvgIpc) is 2.56. The Kier molecular flexibility index (Phi) is 1.65. The van der Waals surface area contributed by atoms with E-state index >= 15 is 0 Å². The van der Waals surface area contributed by atoms with Crippen molar-refractivity contribution in [1.29, 1.82) is 0 Å². The van der Waals surface area contributed by atoms with Crippen LogP contribution in [0.2, 0.25) is 0 Å². The fourth-order valence-electron chi connectivity index (χ4n) is 3.15. The van der Waals surface area contributed by atoms with E-state index in [0.717, 1.165) is 11.3 Å². The predicted molar refractivity (Wildman–Crippen MR) is 52.0 cm³/mol. The minimum absolute atomic E-state index is 0.644. The van der Waals surface area contributed by atoms with Crippen LogP contribution in [0.15, 0.2) is 0 Å². The van der Waals surface area contributed by atoms with Gasteiger partial charge >= 0.3 is 0 Å². The third-order valence-corrected chi connectivity index (χ3v) is 4.97. The molecule has 0 amide bonds. The third kappa shape index (κ3) is 0.929. The van der Waals surface area contributed by atoms with Gasteiger partial charge in [-0.3, -0.25) is 0 Å². The van der Waals surface area contributed by atoms with E-state index in [1.807, 2.05) is 0 Å². The molecule has 0 aromatic carbocycles. The fraction of sp³-hybridized carbons (Fsp3) is 1.00. The van der Waals surface area contributed by atoms with Gasteiger partial charge in [-0.1, -0.05) is 36.2 Å². The van der Waals surface area contributed by atoms with Gasteiger partial charge in [-0.05, 0) is 36.0 Å². The zero-order valence-corrected chi connectivity index (χ0v) is 9.08. The Morgan fingerprint density at radius 3 is 2.45 bits per heavy atom. The average molecular weight is 217 g/mol. The Morgan fingerprint density at radius 2 is 2.09 bits per heavy atom. The maximum Gasteiger partial charge on any atom is 0.00653 e. The number of rotatable bonds is 1. The highest BCUT2D eigenvalue weighted by atomic mass is 79.9. The van der Waals surface area contributed by atoms with Crippen LogP contribution in [0, 0.1) is 16.7 Å². The monoisotopic (exact) mass is 216 g/mol. The van der Waals surface area contributed by atoms with E-state index in [1.165, 1.54) is 31.0 Å². The van der Waals surface area contributed by atoms with Gasteiger partial charge in [0.05, 0.1) is 0 Å². The van der Waals surface area contributed by atoms with Crippen LogP contribution in [0.5, 0.6) is 0 Å². The summed E-state index contributed by atoms with van der Waals surface area (Å²) in [5, 5.41) is 1.23. The van der Waals surface area contributed by atoms with E-state index in [9.17, 15) is 0 Å². The zero-order valence-electron chi connectivity index (χ0n) is 7.49. The molecule has 0 N–H and O–H groups in total. The molecule has 2 fully saturated rings. The van der Waals surface area contributed by atoms with Crippen LogP contribution in [-0.4, -0.2) is 5.33 Å². The van der Waals surface area contributed by atoms with Gasteiger partial charge in [-0.2, -0.15) is 0 Å². The van der Waals surface area contributed by atoms with Gasteiger partial charge in [0.25, 0.3) is 0 Å². The van der Waals surface area contributed by atoms with Crippen molar-refractivity contribution in [2.24, 2.45) is 16.7 Å². The zero-order chi connectivity index (χ0) is 8.11. The normalized spacial score (nSPS) is 46.6. The van der Waals surface area contributed by atoms with Crippen LogP contribution < -0.4 is 0 Å². The lowest BCUT2D eigenvalue weighted by Crippen LogP contribution is -2.20. The minimum Gasteiger partial charge on any atom is -0.0925 e. The highest BCUT2D eigenvalue weighted by Crippen LogP contribution is 2.71. The van der Waals surface area contributed by atoms with Gasteiger partial charge in [-0.25, -0.2) is 0 Å². The summed E-state index contributed by atoms with van der Waals surface area (Å²) in [6, 6.07) is 0. The Morgan fingerprint density at radius 1 is 1.36 bits per heavy atom. The summed E-state index contributed by atoms with van der Waals surface area (Å²) in [6.07, 6.45) is 5.91. The van der Waals surface area contributed by atoms with Crippen molar-refractivity contribution < 1.29 is 0 Å². The Labute approximate surface area is 77.9 Å². The summed E-state index contributed by atoms with van der Waals surface area (Å²) in [5.41, 5.74) is 1.40. The van der Waals surface area contributed by atoms with Gasteiger partial charge in [0, 0.05) is 5.33 Å². The summed E-state index contributed by atoms with van der Waals surface area (Å²) in [4.78, 5) is 0. The van der Waals surface area contributed by atoms with Crippen molar-refractivity contribution in [3.63, 3.8) is 0 Å². The molecule has 2 aliphatic rings. The van der Waals surface area contributed by atoms with Crippen molar-refractivity contribution in [2.45, 2.75) is 39.5 Å². The van der Waals surface area contributed by atoms with Crippen LogP contribution in [0.25, 0.3) is 0 Å². The smallest absolute Gasteiger partial charge is 0.00653 e. The quantitative estimate of drug-likeness (QED) is 0.588. The Balaban J connectivity index is 2.15. The lowest BCUT2D eigenvalue weighted by Gasteiger charge is -2.28. The molecule has 0 radical (unpaired) electrons. The largest absolute Gasteiger partial charge is 0.0925 e. The molecular weight excluding hydrogens is 200 g/mol. The number of halogens is 1. The molecule has 1 spiro atoms. The second-order valence-corrected chi connectivity index (χ2v) is 5.60. The molecule has 2 unspecified atom stereocenters. The van der Waals surface area contributed by atoms with E-state index in [2.05, 4.69) is 29.8 Å². The first-order valence-electron chi connectivity index (χ1n) is 4.68.